The van der Waals surface area contributed by atoms with E-state index in [4.69, 9.17) is 5.26 Å². The first-order valence-corrected chi connectivity index (χ1v) is 4.69. The number of hydrogen-bond acceptors (Lipinski definition) is 3. The zero-order valence-corrected chi connectivity index (χ0v) is 8.71. The second-order valence-electron chi connectivity index (χ2n) is 3.51. The van der Waals surface area contributed by atoms with Crippen molar-refractivity contribution in [1.82, 2.24) is 10.3 Å². The molecule has 0 aliphatic heterocycles. The fourth-order valence-corrected chi connectivity index (χ4v) is 1.05. The lowest BCUT2D eigenvalue weighted by Crippen LogP contribution is -2.26. The Labute approximate surface area is 88.9 Å². The van der Waals surface area contributed by atoms with Gasteiger partial charge in [-0.3, -0.25) is 5.32 Å². The lowest BCUT2D eigenvalue weighted by Gasteiger charge is -2.13. The van der Waals surface area contributed by atoms with Gasteiger partial charge < -0.3 is 4.79 Å². The number of nitriles is 1. The highest BCUT2D eigenvalue weighted by Gasteiger charge is 2.14. The molecule has 4 heteroatoms. The van der Waals surface area contributed by atoms with Gasteiger partial charge in [-0.05, 0) is 12.0 Å². The lowest BCUT2D eigenvalue weighted by molar-refractivity contribution is -0.110. The SMILES string of the molecule is CC(C)C(C=O)[N]c1cc(C#N)ccn1. The maximum atomic E-state index is 10.7. The van der Waals surface area contributed by atoms with Gasteiger partial charge in [0.15, 0.2) is 0 Å². The van der Waals surface area contributed by atoms with E-state index in [-0.39, 0.29) is 5.92 Å². The van der Waals surface area contributed by atoms with Crippen molar-refractivity contribution in [3.63, 3.8) is 0 Å². The molecule has 0 saturated carbocycles. The molecule has 15 heavy (non-hydrogen) atoms. The van der Waals surface area contributed by atoms with Crippen LogP contribution in [0, 0.1) is 17.2 Å². The van der Waals surface area contributed by atoms with Crippen molar-refractivity contribution < 1.29 is 4.79 Å². The van der Waals surface area contributed by atoms with Crippen molar-refractivity contribution >= 4 is 12.1 Å². The molecule has 1 atom stereocenters. The molecule has 0 saturated heterocycles. The number of nitrogens with zero attached hydrogens (tertiary/aromatic N) is 3. The molecular weight excluding hydrogens is 190 g/mol. The van der Waals surface area contributed by atoms with Gasteiger partial charge in [-0.25, -0.2) is 4.98 Å². The van der Waals surface area contributed by atoms with E-state index in [2.05, 4.69) is 10.3 Å². The van der Waals surface area contributed by atoms with Crippen LogP contribution >= 0.6 is 0 Å². The van der Waals surface area contributed by atoms with Crippen LogP contribution < -0.4 is 5.32 Å². The monoisotopic (exact) mass is 202 g/mol. The van der Waals surface area contributed by atoms with Crippen LogP contribution in [0.5, 0.6) is 0 Å². The number of hydrogen-bond donors (Lipinski definition) is 0. The average molecular weight is 202 g/mol. The Kier molecular flexibility index (Phi) is 3.81. The predicted octanol–water partition coefficient (Wildman–Crippen LogP) is 1.41. The van der Waals surface area contributed by atoms with Crippen LogP contribution in [0.3, 0.4) is 0 Å². The number of carbonyl (C=O) groups excluding carboxylic acids is 1. The summed E-state index contributed by atoms with van der Waals surface area (Å²) in [6, 6.07) is 4.77. The van der Waals surface area contributed by atoms with Gasteiger partial charge in [0, 0.05) is 12.3 Å². The van der Waals surface area contributed by atoms with E-state index >= 15 is 0 Å². The van der Waals surface area contributed by atoms with Crippen molar-refractivity contribution in [3.05, 3.63) is 23.9 Å². The third kappa shape index (κ3) is 3.06. The van der Waals surface area contributed by atoms with Gasteiger partial charge in [-0.15, -0.1) is 0 Å². The molecule has 4 nitrogen and oxygen atoms in total. The first kappa shape index (κ1) is 11.2. The van der Waals surface area contributed by atoms with E-state index in [0.717, 1.165) is 6.29 Å². The number of carbonyl (C=O) groups is 1. The molecule has 77 valence electrons. The normalized spacial score (nSPS) is 11.9. The summed E-state index contributed by atoms with van der Waals surface area (Å²) in [4.78, 5) is 14.7. The molecule has 0 N–H and O–H groups in total. The topological polar surface area (TPSA) is 67.8 Å². The molecule has 1 aromatic rings. The van der Waals surface area contributed by atoms with Crippen LogP contribution in [0.2, 0.25) is 0 Å². The van der Waals surface area contributed by atoms with Gasteiger partial charge in [0.2, 0.25) is 0 Å². The van der Waals surface area contributed by atoms with E-state index in [1.165, 1.54) is 6.20 Å². The van der Waals surface area contributed by atoms with Gasteiger partial charge in [0.25, 0.3) is 0 Å². The first-order valence-electron chi connectivity index (χ1n) is 4.69. The van der Waals surface area contributed by atoms with Crippen molar-refractivity contribution in [2.24, 2.45) is 5.92 Å². The molecule has 0 aliphatic carbocycles. The number of pyridine rings is 1. The Bertz CT molecular complexity index is 382. The maximum Gasteiger partial charge on any atom is 0.149 e. The largest absolute Gasteiger partial charge is 0.301 e. The Morgan fingerprint density at radius 1 is 1.60 bits per heavy atom. The van der Waals surface area contributed by atoms with E-state index in [1.54, 1.807) is 12.1 Å². The van der Waals surface area contributed by atoms with E-state index in [1.807, 2.05) is 19.9 Å². The van der Waals surface area contributed by atoms with Gasteiger partial charge in [0.1, 0.15) is 18.1 Å². The first-order chi connectivity index (χ1) is 7.17. The zero-order chi connectivity index (χ0) is 11.3. The summed E-state index contributed by atoms with van der Waals surface area (Å²) in [5.74, 6) is 0.565. The minimum Gasteiger partial charge on any atom is -0.301 e. The molecule has 1 radical (unpaired) electrons. The number of rotatable bonds is 4. The number of aromatic nitrogens is 1. The molecule has 1 aromatic heterocycles. The predicted molar refractivity (Wildman–Crippen MR) is 55.4 cm³/mol. The second kappa shape index (κ2) is 5.11. The number of aldehydes is 1. The third-order valence-electron chi connectivity index (χ3n) is 1.98. The summed E-state index contributed by atoms with van der Waals surface area (Å²) in [5.41, 5.74) is 0.497. The summed E-state index contributed by atoms with van der Waals surface area (Å²) in [6.07, 6.45) is 2.31. The van der Waals surface area contributed by atoms with E-state index in [0.29, 0.717) is 11.4 Å². The van der Waals surface area contributed by atoms with Crippen molar-refractivity contribution in [1.29, 1.82) is 5.26 Å². The highest BCUT2D eigenvalue weighted by atomic mass is 16.1. The average Bonchev–Trinajstić information content (AvgIpc) is 2.25. The lowest BCUT2D eigenvalue weighted by atomic mass is 10.1. The zero-order valence-electron chi connectivity index (χ0n) is 8.71. The smallest absolute Gasteiger partial charge is 0.149 e. The Balaban J connectivity index is 2.80. The van der Waals surface area contributed by atoms with Crippen LogP contribution in [0.15, 0.2) is 18.3 Å². The summed E-state index contributed by atoms with van der Waals surface area (Å²) in [5, 5.41) is 12.8. The van der Waals surface area contributed by atoms with Crippen LogP contribution in [-0.2, 0) is 4.79 Å². The maximum absolute atomic E-state index is 10.7. The van der Waals surface area contributed by atoms with E-state index in [9.17, 15) is 4.79 Å². The Morgan fingerprint density at radius 3 is 2.87 bits per heavy atom. The molecule has 0 amide bonds. The fraction of sp³-hybridized carbons (Fsp3) is 0.364. The van der Waals surface area contributed by atoms with Gasteiger partial charge in [0.05, 0.1) is 11.6 Å². The highest BCUT2D eigenvalue weighted by Crippen LogP contribution is 2.10. The minimum absolute atomic E-state index is 0.134. The molecule has 1 heterocycles. The molecule has 0 aromatic carbocycles. The highest BCUT2D eigenvalue weighted by molar-refractivity contribution is 5.59. The fourth-order valence-electron chi connectivity index (χ4n) is 1.05. The molecule has 0 spiro atoms. The molecular formula is C11H12N3O. The van der Waals surface area contributed by atoms with Gasteiger partial charge >= 0.3 is 0 Å². The van der Waals surface area contributed by atoms with Crippen LogP contribution in [0.1, 0.15) is 19.4 Å². The quantitative estimate of drug-likeness (QED) is 0.693. The molecule has 0 bridgehead atoms. The van der Waals surface area contributed by atoms with Crippen molar-refractivity contribution in [2.45, 2.75) is 19.9 Å². The van der Waals surface area contributed by atoms with Gasteiger partial charge in [-0.2, -0.15) is 5.26 Å². The van der Waals surface area contributed by atoms with Crippen LogP contribution in [0.4, 0.5) is 5.82 Å². The molecule has 1 rings (SSSR count). The van der Waals surface area contributed by atoms with Crippen molar-refractivity contribution in [2.75, 3.05) is 0 Å². The second-order valence-corrected chi connectivity index (χ2v) is 3.51. The van der Waals surface area contributed by atoms with Crippen molar-refractivity contribution in [3.8, 4) is 6.07 Å². The van der Waals surface area contributed by atoms with E-state index < -0.39 is 6.04 Å². The Hall–Kier alpha value is -1.89. The van der Waals surface area contributed by atoms with Gasteiger partial charge in [-0.1, -0.05) is 13.8 Å². The Morgan fingerprint density at radius 2 is 2.33 bits per heavy atom. The minimum atomic E-state index is -0.397. The summed E-state index contributed by atoms with van der Waals surface area (Å²) in [6.45, 7) is 3.83. The summed E-state index contributed by atoms with van der Waals surface area (Å²) >= 11 is 0. The van der Waals surface area contributed by atoms with Crippen LogP contribution in [-0.4, -0.2) is 17.3 Å². The third-order valence-corrected chi connectivity index (χ3v) is 1.98. The standard InChI is InChI=1S/C11H12N3O/c1-8(2)10(7-15)14-11-5-9(6-12)3-4-13-11/h3-5,7-8,10H,1-2H3. The molecule has 1 unspecified atom stereocenters. The summed E-state index contributed by atoms with van der Waals surface area (Å²) < 4.78 is 0. The molecule has 0 fully saturated rings. The molecule has 0 aliphatic rings. The summed E-state index contributed by atoms with van der Waals surface area (Å²) in [7, 11) is 0. The van der Waals surface area contributed by atoms with Crippen LogP contribution in [0.25, 0.3) is 0 Å².